The number of nitrogen functional groups attached to an aromatic ring is 1. The van der Waals surface area contributed by atoms with Gasteiger partial charge in [0.05, 0.1) is 5.56 Å². The summed E-state index contributed by atoms with van der Waals surface area (Å²) in [6.45, 7) is 6.15. The molecule has 86 valence electrons. The van der Waals surface area contributed by atoms with E-state index in [9.17, 15) is 0 Å². The summed E-state index contributed by atoms with van der Waals surface area (Å²) >= 11 is 0. The summed E-state index contributed by atoms with van der Waals surface area (Å²) in [7, 11) is 0. The van der Waals surface area contributed by atoms with Gasteiger partial charge in [-0.1, -0.05) is 25.9 Å². The van der Waals surface area contributed by atoms with Crippen molar-refractivity contribution < 1.29 is 8.94 Å². The molecular weight excluding hydrogens is 204 g/mol. The van der Waals surface area contributed by atoms with E-state index in [0.29, 0.717) is 11.6 Å². The second kappa shape index (κ2) is 4.04. The molecule has 4 nitrogen and oxygen atoms in total. The summed E-state index contributed by atoms with van der Waals surface area (Å²) in [6.07, 6.45) is 0.865. The molecule has 2 aromatic rings. The molecule has 2 rings (SSSR count). The summed E-state index contributed by atoms with van der Waals surface area (Å²) in [6, 6.07) is 3.85. The minimum Gasteiger partial charge on any atom is -0.459 e. The van der Waals surface area contributed by atoms with Crippen LogP contribution in [0.25, 0.3) is 11.5 Å². The third kappa shape index (κ3) is 1.71. The Morgan fingerprint density at radius 1 is 1.38 bits per heavy atom. The van der Waals surface area contributed by atoms with Gasteiger partial charge >= 0.3 is 0 Å². The summed E-state index contributed by atoms with van der Waals surface area (Å²) in [5.41, 5.74) is 7.38. The topological polar surface area (TPSA) is 65.2 Å². The van der Waals surface area contributed by atoms with Gasteiger partial charge in [0.15, 0.2) is 11.5 Å². The minimum absolute atomic E-state index is 0.261. The molecular formula is C12H16N2O2. The van der Waals surface area contributed by atoms with Gasteiger partial charge in [0.2, 0.25) is 5.88 Å². The molecule has 0 spiro atoms. The molecule has 2 aromatic heterocycles. The van der Waals surface area contributed by atoms with Crippen LogP contribution in [0.2, 0.25) is 0 Å². The third-order valence-corrected chi connectivity index (χ3v) is 2.58. The van der Waals surface area contributed by atoms with Gasteiger partial charge in [-0.05, 0) is 18.1 Å². The number of nitrogens with zero attached hydrogens (tertiary/aromatic N) is 1. The normalized spacial score (nSPS) is 11.2. The van der Waals surface area contributed by atoms with Gasteiger partial charge in [0, 0.05) is 6.42 Å². The van der Waals surface area contributed by atoms with E-state index in [0.717, 1.165) is 23.5 Å². The van der Waals surface area contributed by atoms with Crippen molar-refractivity contribution in [2.75, 3.05) is 5.73 Å². The molecule has 0 aliphatic carbocycles. The Bertz CT molecular complexity index is 483. The van der Waals surface area contributed by atoms with Crippen LogP contribution in [0.3, 0.4) is 0 Å². The fraction of sp³-hybridized carbons (Fsp3) is 0.417. The molecule has 0 radical (unpaired) electrons. The fourth-order valence-corrected chi connectivity index (χ4v) is 1.74. The number of hydrogen-bond acceptors (Lipinski definition) is 4. The van der Waals surface area contributed by atoms with Gasteiger partial charge in [0.1, 0.15) is 5.76 Å². The lowest BCUT2D eigenvalue weighted by Crippen LogP contribution is -1.93. The van der Waals surface area contributed by atoms with E-state index in [4.69, 9.17) is 14.7 Å². The Hall–Kier alpha value is -1.71. The van der Waals surface area contributed by atoms with E-state index in [1.165, 1.54) is 0 Å². The SMILES string of the molecule is CCc1ccc(-c2noc(N)c2C(C)C)o1. The Morgan fingerprint density at radius 3 is 2.69 bits per heavy atom. The maximum Gasteiger partial charge on any atom is 0.226 e. The molecule has 0 saturated carbocycles. The summed E-state index contributed by atoms with van der Waals surface area (Å²) in [5.74, 6) is 2.29. The molecule has 2 heterocycles. The first-order chi connectivity index (χ1) is 7.63. The van der Waals surface area contributed by atoms with Gasteiger partial charge in [-0.25, -0.2) is 0 Å². The average molecular weight is 220 g/mol. The lowest BCUT2D eigenvalue weighted by atomic mass is 10.0. The molecule has 0 fully saturated rings. The van der Waals surface area contributed by atoms with Gasteiger partial charge in [-0.15, -0.1) is 0 Å². The van der Waals surface area contributed by atoms with Crippen LogP contribution < -0.4 is 5.73 Å². The van der Waals surface area contributed by atoms with Gasteiger partial charge in [-0.2, -0.15) is 0 Å². The molecule has 2 N–H and O–H groups in total. The lowest BCUT2D eigenvalue weighted by Gasteiger charge is -2.02. The molecule has 0 bridgehead atoms. The highest BCUT2D eigenvalue weighted by Gasteiger charge is 2.20. The highest BCUT2D eigenvalue weighted by atomic mass is 16.5. The van der Waals surface area contributed by atoms with Crippen molar-refractivity contribution in [3.8, 4) is 11.5 Å². The number of furan rings is 1. The summed E-state index contributed by atoms with van der Waals surface area (Å²) in [5, 5.41) is 3.96. The molecule has 4 heteroatoms. The van der Waals surface area contributed by atoms with Crippen LogP contribution in [-0.2, 0) is 6.42 Å². The Balaban J connectivity index is 2.47. The smallest absolute Gasteiger partial charge is 0.226 e. The van der Waals surface area contributed by atoms with Crippen molar-refractivity contribution in [1.29, 1.82) is 0 Å². The van der Waals surface area contributed by atoms with Crippen LogP contribution in [0.4, 0.5) is 5.88 Å². The molecule has 0 aliphatic heterocycles. The molecule has 0 unspecified atom stereocenters. The number of anilines is 1. The van der Waals surface area contributed by atoms with Gasteiger partial charge in [0.25, 0.3) is 0 Å². The monoisotopic (exact) mass is 220 g/mol. The average Bonchev–Trinajstić information content (AvgIpc) is 2.82. The molecule has 0 atom stereocenters. The summed E-state index contributed by atoms with van der Waals surface area (Å²) < 4.78 is 10.7. The lowest BCUT2D eigenvalue weighted by molar-refractivity contribution is 0.433. The molecule has 0 amide bonds. The summed E-state index contributed by atoms with van der Waals surface area (Å²) in [4.78, 5) is 0. The standard InChI is InChI=1S/C12H16N2O2/c1-4-8-5-6-9(15-8)11-10(7(2)3)12(13)16-14-11/h5-7H,4,13H2,1-3H3. The van der Waals surface area contributed by atoms with E-state index in [1.807, 2.05) is 19.1 Å². The van der Waals surface area contributed by atoms with E-state index >= 15 is 0 Å². The van der Waals surface area contributed by atoms with E-state index in [2.05, 4.69) is 19.0 Å². The number of nitrogens with two attached hydrogens (primary N) is 1. The zero-order chi connectivity index (χ0) is 11.7. The first-order valence-electron chi connectivity index (χ1n) is 5.47. The van der Waals surface area contributed by atoms with Gasteiger partial charge in [-0.3, -0.25) is 0 Å². The number of rotatable bonds is 3. The number of aromatic nitrogens is 1. The van der Waals surface area contributed by atoms with Crippen molar-refractivity contribution >= 4 is 5.88 Å². The highest BCUT2D eigenvalue weighted by Crippen LogP contribution is 2.33. The van der Waals surface area contributed by atoms with Crippen molar-refractivity contribution in [2.45, 2.75) is 33.1 Å². The first kappa shape index (κ1) is 10.8. The van der Waals surface area contributed by atoms with Crippen molar-refractivity contribution in [1.82, 2.24) is 5.16 Å². The van der Waals surface area contributed by atoms with E-state index in [-0.39, 0.29) is 5.92 Å². The highest BCUT2D eigenvalue weighted by molar-refractivity contribution is 5.63. The van der Waals surface area contributed by atoms with Crippen LogP contribution in [0, 0.1) is 0 Å². The fourth-order valence-electron chi connectivity index (χ4n) is 1.74. The Kier molecular flexibility index (Phi) is 2.73. The zero-order valence-electron chi connectivity index (χ0n) is 9.78. The van der Waals surface area contributed by atoms with E-state index < -0.39 is 0 Å². The van der Waals surface area contributed by atoms with Crippen LogP contribution in [0.15, 0.2) is 21.1 Å². The largest absolute Gasteiger partial charge is 0.459 e. The molecule has 0 aliphatic rings. The van der Waals surface area contributed by atoms with Crippen LogP contribution in [0.5, 0.6) is 0 Å². The second-order valence-corrected chi connectivity index (χ2v) is 4.08. The van der Waals surface area contributed by atoms with Gasteiger partial charge < -0.3 is 14.7 Å². The predicted molar refractivity (Wildman–Crippen MR) is 62.1 cm³/mol. The second-order valence-electron chi connectivity index (χ2n) is 4.08. The molecule has 0 aromatic carbocycles. The van der Waals surface area contributed by atoms with Crippen molar-refractivity contribution in [3.05, 3.63) is 23.5 Å². The number of hydrogen-bond donors (Lipinski definition) is 1. The maximum atomic E-state index is 5.75. The zero-order valence-corrected chi connectivity index (χ0v) is 9.78. The Labute approximate surface area is 94.4 Å². The van der Waals surface area contributed by atoms with Crippen LogP contribution in [0.1, 0.15) is 38.0 Å². The molecule has 0 saturated heterocycles. The van der Waals surface area contributed by atoms with Crippen molar-refractivity contribution in [2.24, 2.45) is 0 Å². The third-order valence-electron chi connectivity index (χ3n) is 2.58. The maximum absolute atomic E-state index is 5.75. The first-order valence-corrected chi connectivity index (χ1v) is 5.47. The van der Waals surface area contributed by atoms with Crippen LogP contribution >= 0.6 is 0 Å². The van der Waals surface area contributed by atoms with Crippen molar-refractivity contribution in [3.63, 3.8) is 0 Å². The number of aryl methyl sites for hydroxylation is 1. The Morgan fingerprint density at radius 2 is 2.12 bits per heavy atom. The van der Waals surface area contributed by atoms with E-state index in [1.54, 1.807) is 0 Å². The predicted octanol–water partition coefficient (Wildman–Crippen LogP) is 3.20. The molecule has 16 heavy (non-hydrogen) atoms. The minimum atomic E-state index is 0.261. The quantitative estimate of drug-likeness (QED) is 0.862. The van der Waals surface area contributed by atoms with Crippen LogP contribution in [-0.4, -0.2) is 5.16 Å².